The van der Waals surface area contributed by atoms with Crippen molar-refractivity contribution in [3.05, 3.63) is 12.2 Å². The molecule has 1 aliphatic heterocycles. The number of carbonyl (C=O) groups is 3. The minimum absolute atomic E-state index is 0.348. The first-order chi connectivity index (χ1) is 10.4. The highest BCUT2D eigenvalue weighted by Gasteiger charge is 2.56. The van der Waals surface area contributed by atoms with Gasteiger partial charge in [-0.3, -0.25) is 9.59 Å². The van der Waals surface area contributed by atoms with Gasteiger partial charge in [0.25, 0.3) is 0 Å². The summed E-state index contributed by atoms with van der Waals surface area (Å²) in [4.78, 5) is 36.9. The standard InChI is InChI=1S/C14H21ClN2O5S/c1-7(2)10(13(20)22-14(4,5)6)17-11(19)9(16-8(3)18)12(17)23(15)21/h9-10,12H,1H2,2-6H3,(H,16,18). The van der Waals surface area contributed by atoms with Crippen LogP contribution in [0.2, 0.25) is 0 Å². The molecule has 4 unspecified atom stereocenters. The van der Waals surface area contributed by atoms with Crippen molar-refractivity contribution >= 4 is 38.5 Å². The molecule has 23 heavy (non-hydrogen) atoms. The van der Waals surface area contributed by atoms with E-state index in [1.807, 2.05) is 0 Å². The van der Waals surface area contributed by atoms with Crippen LogP contribution in [0, 0.1) is 0 Å². The largest absolute Gasteiger partial charge is 0.458 e. The van der Waals surface area contributed by atoms with Gasteiger partial charge >= 0.3 is 5.97 Å². The van der Waals surface area contributed by atoms with Gasteiger partial charge in [0.1, 0.15) is 21.7 Å². The quantitative estimate of drug-likeness (QED) is 0.338. The van der Waals surface area contributed by atoms with Crippen LogP contribution in [0.1, 0.15) is 34.6 Å². The van der Waals surface area contributed by atoms with Crippen LogP contribution in [-0.2, 0) is 29.1 Å². The van der Waals surface area contributed by atoms with Crippen molar-refractivity contribution in [2.24, 2.45) is 0 Å². The SMILES string of the molecule is C=C(C)C(C(=O)OC(C)(C)C)N1C(=O)C(NC(C)=O)C1S(=O)Cl. The van der Waals surface area contributed by atoms with Crippen molar-refractivity contribution in [1.29, 1.82) is 0 Å². The summed E-state index contributed by atoms with van der Waals surface area (Å²) in [5.74, 6) is -1.70. The third kappa shape index (κ3) is 4.54. The van der Waals surface area contributed by atoms with Gasteiger partial charge in [-0.25, -0.2) is 9.00 Å². The molecule has 130 valence electrons. The lowest BCUT2D eigenvalue weighted by Crippen LogP contribution is -2.74. The summed E-state index contributed by atoms with van der Waals surface area (Å²) in [6, 6.07) is -2.14. The van der Waals surface area contributed by atoms with E-state index < -0.39 is 50.9 Å². The lowest BCUT2D eigenvalue weighted by atomic mass is 9.99. The van der Waals surface area contributed by atoms with Crippen LogP contribution in [0.4, 0.5) is 0 Å². The van der Waals surface area contributed by atoms with Gasteiger partial charge in [-0.1, -0.05) is 6.58 Å². The highest BCUT2D eigenvalue weighted by molar-refractivity contribution is 8.08. The minimum atomic E-state index is -1.98. The highest BCUT2D eigenvalue weighted by Crippen LogP contribution is 2.31. The summed E-state index contributed by atoms with van der Waals surface area (Å²) in [5.41, 5.74) is -0.410. The van der Waals surface area contributed by atoms with Crippen molar-refractivity contribution < 1.29 is 23.3 Å². The molecule has 1 heterocycles. The molecule has 0 aromatic carbocycles. The molecule has 1 N–H and O–H groups in total. The zero-order valence-electron chi connectivity index (χ0n) is 13.7. The van der Waals surface area contributed by atoms with E-state index in [9.17, 15) is 18.6 Å². The van der Waals surface area contributed by atoms with Crippen LogP contribution in [0.25, 0.3) is 0 Å². The fourth-order valence-electron chi connectivity index (χ4n) is 2.22. The monoisotopic (exact) mass is 364 g/mol. The van der Waals surface area contributed by atoms with E-state index in [2.05, 4.69) is 11.9 Å². The number of carbonyl (C=O) groups excluding carboxylic acids is 3. The number of hydrogen-bond acceptors (Lipinski definition) is 5. The number of rotatable bonds is 5. The molecule has 0 aliphatic carbocycles. The Labute approximate surface area is 142 Å². The van der Waals surface area contributed by atoms with Gasteiger partial charge in [-0.05, 0) is 44.0 Å². The van der Waals surface area contributed by atoms with Crippen LogP contribution in [-0.4, -0.2) is 50.0 Å². The minimum Gasteiger partial charge on any atom is -0.458 e. The predicted molar refractivity (Wildman–Crippen MR) is 86.7 cm³/mol. The Morgan fingerprint density at radius 2 is 1.91 bits per heavy atom. The molecule has 0 saturated carbocycles. The van der Waals surface area contributed by atoms with Crippen LogP contribution < -0.4 is 5.32 Å². The number of amides is 2. The molecule has 0 aromatic heterocycles. The lowest BCUT2D eigenvalue weighted by Gasteiger charge is -2.48. The van der Waals surface area contributed by atoms with Crippen molar-refractivity contribution in [3.8, 4) is 0 Å². The van der Waals surface area contributed by atoms with Gasteiger partial charge in [0.2, 0.25) is 11.8 Å². The maximum Gasteiger partial charge on any atom is 0.333 e. The average molecular weight is 365 g/mol. The Morgan fingerprint density at radius 1 is 1.39 bits per heavy atom. The first-order valence-electron chi connectivity index (χ1n) is 6.91. The van der Waals surface area contributed by atoms with Crippen molar-refractivity contribution in [3.63, 3.8) is 0 Å². The Morgan fingerprint density at radius 3 is 2.26 bits per heavy atom. The van der Waals surface area contributed by atoms with Crippen molar-refractivity contribution in [2.45, 2.75) is 57.7 Å². The maximum atomic E-state index is 12.4. The molecule has 1 saturated heterocycles. The summed E-state index contributed by atoms with van der Waals surface area (Å²) < 4.78 is 17.0. The normalized spacial score (nSPS) is 23.6. The Hall–Kier alpha value is -1.41. The molecule has 0 spiro atoms. The molecule has 7 nitrogen and oxygen atoms in total. The molecular formula is C14H21ClN2O5S. The number of likely N-dealkylation sites (tertiary alicyclic amines) is 1. The second-order valence-electron chi connectivity index (χ2n) is 6.34. The zero-order valence-corrected chi connectivity index (χ0v) is 15.3. The molecule has 1 fully saturated rings. The smallest absolute Gasteiger partial charge is 0.333 e. The van der Waals surface area contributed by atoms with Crippen LogP contribution in [0.15, 0.2) is 12.2 Å². The van der Waals surface area contributed by atoms with E-state index in [1.54, 1.807) is 27.7 Å². The molecule has 0 bridgehead atoms. The summed E-state index contributed by atoms with van der Waals surface area (Å²) in [5, 5.41) is 1.36. The fourth-order valence-corrected chi connectivity index (χ4v) is 3.59. The highest BCUT2D eigenvalue weighted by atomic mass is 35.7. The summed E-state index contributed by atoms with van der Waals surface area (Å²) in [6.45, 7) is 11.6. The first kappa shape index (κ1) is 19.6. The molecule has 0 radical (unpaired) electrons. The maximum absolute atomic E-state index is 12.4. The molecule has 4 atom stereocenters. The fraction of sp³-hybridized carbons (Fsp3) is 0.643. The van der Waals surface area contributed by atoms with E-state index in [-0.39, 0.29) is 0 Å². The summed E-state index contributed by atoms with van der Waals surface area (Å²) >= 11 is 0. The third-order valence-electron chi connectivity index (χ3n) is 3.00. The van der Waals surface area contributed by atoms with Gasteiger partial charge < -0.3 is 15.0 Å². The number of esters is 1. The number of β-lactam (4-membered cyclic amide) rings is 1. The van der Waals surface area contributed by atoms with Gasteiger partial charge in [0.05, 0.1) is 0 Å². The third-order valence-corrected chi connectivity index (χ3v) is 4.43. The van der Waals surface area contributed by atoms with Gasteiger partial charge in [0, 0.05) is 6.92 Å². The van der Waals surface area contributed by atoms with E-state index in [4.69, 9.17) is 15.4 Å². The van der Waals surface area contributed by atoms with Crippen molar-refractivity contribution in [1.82, 2.24) is 10.2 Å². The lowest BCUT2D eigenvalue weighted by molar-refractivity contribution is -0.169. The van der Waals surface area contributed by atoms with E-state index >= 15 is 0 Å². The molecule has 2 amide bonds. The van der Waals surface area contributed by atoms with E-state index in [1.165, 1.54) is 6.92 Å². The molecule has 9 heteroatoms. The number of ether oxygens (including phenoxy) is 1. The molecule has 0 aromatic rings. The Kier molecular flexibility index (Phi) is 5.98. The second kappa shape index (κ2) is 7.00. The van der Waals surface area contributed by atoms with Gasteiger partial charge in [0.15, 0.2) is 11.4 Å². The van der Waals surface area contributed by atoms with Crippen LogP contribution in [0.5, 0.6) is 0 Å². The number of hydrogen-bond donors (Lipinski definition) is 1. The van der Waals surface area contributed by atoms with Crippen LogP contribution >= 0.6 is 10.7 Å². The molecule has 1 aliphatic rings. The zero-order chi connectivity index (χ0) is 18.1. The molecule has 1 rings (SSSR count). The second-order valence-corrected chi connectivity index (χ2v) is 8.24. The number of nitrogens with one attached hydrogen (secondary N) is 1. The number of halogens is 1. The topological polar surface area (TPSA) is 92.8 Å². The average Bonchev–Trinajstić information content (AvgIpc) is 2.32. The summed E-state index contributed by atoms with van der Waals surface area (Å²) in [6.07, 6.45) is 0. The van der Waals surface area contributed by atoms with Gasteiger partial charge in [-0.2, -0.15) is 0 Å². The Balaban J connectivity index is 3.10. The van der Waals surface area contributed by atoms with Crippen LogP contribution in [0.3, 0.4) is 0 Å². The van der Waals surface area contributed by atoms with E-state index in [0.29, 0.717) is 5.57 Å². The number of nitrogens with zero attached hydrogens (tertiary/aromatic N) is 1. The van der Waals surface area contributed by atoms with Crippen molar-refractivity contribution in [2.75, 3.05) is 0 Å². The Bertz CT molecular complexity index is 572. The van der Waals surface area contributed by atoms with E-state index in [0.717, 1.165) is 4.90 Å². The summed E-state index contributed by atoms with van der Waals surface area (Å²) in [7, 11) is 3.67. The predicted octanol–water partition coefficient (Wildman–Crippen LogP) is 0.848. The molecular weight excluding hydrogens is 344 g/mol. The van der Waals surface area contributed by atoms with Gasteiger partial charge in [-0.15, -0.1) is 0 Å². The first-order valence-corrected chi connectivity index (χ1v) is 8.95.